The zero-order valence-corrected chi connectivity index (χ0v) is 17.2. The second kappa shape index (κ2) is 8.96. The van der Waals surface area contributed by atoms with Gasteiger partial charge in [-0.05, 0) is 36.4 Å². The molecule has 1 aliphatic heterocycles. The molecule has 3 aromatic rings. The Bertz CT molecular complexity index is 1010. The Morgan fingerprint density at radius 2 is 1.77 bits per heavy atom. The first-order valence-corrected chi connectivity index (χ1v) is 10.6. The number of nitrogens with zero attached hydrogens (tertiary/aromatic N) is 3. The average molecular weight is 423 g/mol. The molecule has 2 amide bonds. The van der Waals surface area contributed by atoms with Gasteiger partial charge in [0, 0.05) is 42.8 Å². The molecule has 7 nitrogen and oxygen atoms in total. The summed E-state index contributed by atoms with van der Waals surface area (Å²) in [4.78, 5) is 32.6. The van der Waals surface area contributed by atoms with Crippen molar-refractivity contribution in [1.82, 2.24) is 9.88 Å². The fourth-order valence-electron chi connectivity index (χ4n) is 3.40. The number of benzene rings is 2. The van der Waals surface area contributed by atoms with Crippen LogP contribution < -0.4 is 15.4 Å². The number of amides is 2. The molecule has 2 N–H and O–H groups in total. The van der Waals surface area contributed by atoms with E-state index in [1.807, 2.05) is 40.6 Å². The van der Waals surface area contributed by atoms with Crippen molar-refractivity contribution in [2.45, 2.75) is 6.61 Å². The van der Waals surface area contributed by atoms with Crippen molar-refractivity contribution in [3.63, 3.8) is 0 Å². The number of anilines is 1. The molecule has 0 atom stereocenters. The highest BCUT2D eigenvalue weighted by atomic mass is 32.1. The molecule has 0 saturated carbocycles. The van der Waals surface area contributed by atoms with E-state index in [1.54, 1.807) is 23.7 Å². The number of hydrogen-bond acceptors (Lipinski definition) is 6. The van der Waals surface area contributed by atoms with Gasteiger partial charge in [0.25, 0.3) is 5.91 Å². The second-order valence-corrected chi connectivity index (χ2v) is 7.67. The Kier molecular flexibility index (Phi) is 5.94. The number of ether oxygens (including phenoxy) is 1. The summed E-state index contributed by atoms with van der Waals surface area (Å²) in [5.74, 6) is 0.0974. The van der Waals surface area contributed by atoms with Crippen molar-refractivity contribution in [3.05, 3.63) is 76.2 Å². The summed E-state index contributed by atoms with van der Waals surface area (Å²) in [5, 5.41) is 1.93. The van der Waals surface area contributed by atoms with Crippen LogP contribution in [0.15, 0.2) is 59.4 Å². The van der Waals surface area contributed by atoms with Crippen molar-refractivity contribution < 1.29 is 14.3 Å². The molecule has 0 radical (unpaired) electrons. The highest BCUT2D eigenvalue weighted by Gasteiger charge is 2.24. The maximum absolute atomic E-state index is 13.1. The van der Waals surface area contributed by atoms with E-state index in [0.717, 1.165) is 11.4 Å². The normalized spacial score (nSPS) is 13.9. The minimum Gasteiger partial charge on any atom is -0.486 e. The van der Waals surface area contributed by atoms with Crippen molar-refractivity contribution in [2.75, 3.05) is 31.1 Å². The Morgan fingerprint density at radius 1 is 1.03 bits per heavy atom. The third-order valence-electron chi connectivity index (χ3n) is 5.06. The molecule has 1 fully saturated rings. The summed E-state index contributed by atoms with van der Waals surface area (Å²) in [7, 11) is 0. The molecule has 1 aliphatic rings. The highest BCUT2D eigenvalue weighted by Crippen LogP contribution is 2.23. The van der Waals surface area contributed by atoms with Gasteiger partial charge in [-0.25, -0.2) is 4.98 Å². The van der Waals surface area contributed by atoms with E-state index in [4.69, 9.17) is 10.5 Å². The van der Waals surface area contributed by atoms with Crippen LogP contribution in [0.25, 0.3) is 0 Å². The van der Waals surface area contributed by atoms with Gasteiger partial charge in [0.1, 0.15) is 12.4 Å². The highest BCUT2D eigenvalue weighted by molar-refractivity contribution is 7.07. The van der Waals surface area contributed by atoms with Crippen LogP contribution in [0.3, 0.4) is 0 Å². The van der Waals surface area contributed by atoms with Crippen LogP contribution in [0.5, 0.6) is 5.75 Å². The van der Waals surface area contributed by atoms with Crippen LogP contribution in [0.4, 0.5) is 5.69 Å². The molecule has 30 heavy (non-hydrogen) atoms. The summed E-state index contributed by atoms with van der Waals surface area (Å²) in [6, 6.07) is 14.6. The lowest BCUT2D eigenvalue weighted by molar-refractivity contribution is 0.0741. The number of para-hydroxylation sites is 1. The van der Waals surface area contributed by atoms with Crippen LogP contribution >= 0.6 is 11.3 Å². The molecule has 2 aromatic carbocycles. The second-order valence-electron chi connectivity index (χ2n) is 6.95. The number of hydrogen-bond donors (Lipinski definition) is 1. The average Bonchev–Trinajstić information content (AvgIpc) is 3.31. The summed E-state index contributed by atoms with van der Waals surface area (Å²) in [5.41, 5.74) is 9.97. The fraction of sp³-hybridized carbons (Fsp3) is 0.227. The number of primary amides is 1. The number of nitrogens with two attached hydrogens (primary N) is 1. The topological polar surface area (TPSA) is 88.8 Å². The molecule has 4 rings (SSSR count). The van der Waals surface area contributed by atoms with Crippen molar-refractivity contribution in [2.24, 2.45) is 5.73 Å². The Balaban J connectivity index is 1.39. The number of carbonyl (C=O) groups excluding carboxylic acids is 2. The largest absolute Gasteiger partial charge is 0.486 e. The molecule has 0 aliphatic carbocycles. The molecule has 1 saturated heterocycles. The first-order valence-electron chi connectivity index (χ1n) is 9.65. The monoisotopic (exact) mass is 422 g/mol. The van der Waals surface area contributed by atoms with E-state index < -0.39 is 5.91 Å². The zero-order valence-electron chi connectivity index (χ0n) is 16.4. The first kappa shape index (κ1) is 19.9. The van der Waals surface area contributed by atoms with Gasteiger partial charge in [-0.1, -0.05) is 12.1 Å². The Morgan fingerprint density at radius 3 is 2.43 bits per heavy atom. The number of rotatable bonds is 6. The fourth-order valence-corrected chi connectivity index (χ4v) is 3.95. The lowest BCUT2D eigenvalue weighted by atomic mass is 10.1. The zero-order chi connectivity index (χ0) is 20.9. The third kappa shape index (κ3) is 4.44. The van der Waals surface area contributed by atoms with E-state index in [-0.39, 0.29) is 5.91 Å². The van der Waals surface area contributed by atoms with Gasteiger partial charge in [-0.2, -0.15) is 0 Å². The SMILES string of the molecule is NC(=O)c1ccc(N2CCN(C(=O)c3ccccc3OCc3cscn3)CC2)cc1. The summed E-state index contributed by atoms with van der Waals surface area (Å²) in [6.45, 7) is 2.98. The van der Waals surface area contributed by atoms with E-state index in [0.29, 0.717) is 49.7 Å². The van der Waals surface area contributed by atoms with Crippen molar-refractivity contribution in [3.8, 4) is 5.75 Å². The van der Waals surface area contributed by atoms with Gasteiger partial charge in [0.05, 0.1) is 16.8 Å². The molecule has 154 valence electrons. The quantitative estimate of drug-likeness (QED) is 0.660. The summed E-state index contributed by atoms with van der Waals surface area (Å²) >= 11 is 1.51. The lowest BCUT2D eigenvalue weighted by Crippen LogP contribution is -2.48. The van der Waals surface area contributed by atoms with Gasteiger partial charge in [0.15, 0.2) is 0 Å². The molecule has 2 heterocycles. The van der Waals surface area contributed by atoms with E-state index >= 15 is 0 Å². The standard InChI is InChI=1S/C22H22N4O3S/c23-21(27)16-5-7-18(8-6-16)25-9-11-26(12-10-25)22(28)19-3-1-2-4-20(19)29-13-17-14-30-15-24-17/h1-8,14-15H,9-13H2,(H2,23,27). The molecule has 0 unspecified atom stereocenters. The van der Waals surface area contributed by atoms with Gasteiger partial charge in [-0.3, -0.25) is 9.59 Å². The van der Waals surface area contributed by atoms with Gasteiger partial charge >= 0.3 is 0 Å². The van der Waals surface area contributed by atoms with Crippen LogP contribution in [-0.2, 0) is 6.61 Å². The van der Waals surface area contributed by atoms with Crippen LogP contribution in [0.2, 0.25) is 0 Å². The Hall–Kier alpha value is -3.39. The van der Waals surface area contributed by atoms with Crippen LogP contribution in [0.1, 0.15) is 26.4 Å². The predicted octanol–water partition coefficient (Wildman–Crippen LogP) is 2.78. The van der Waals surface area contributed by atoms with Gasteiger partial charge < -0.3 is 20.3 Å². The van der Waals surface area contributed by atoms with Crippen molar-refractivity contribution in [1.29, 1.82) is 0 Å². The third-order valence-corrected chi connectivity index (χ3v) is 5.70. The predicted molar refractivity (Wildman–Crippen MR) is 116 cm³/mol. The molecular weight excluding hydrogens is 400 g/mol. The van der Waals surface area contributed by atoms with Crippen LogP contribution in [0, 0.1) is 0 Å². The van der Waals surface area contributed by atoms with E-state index in [2.05, 4.69) is 9.88 Å². The summed E-state index contributed by atoms with van der Waals surface area (Å²) in [6.07, 6.45) is 0. The first-order chi connectivity index (χ1) is 14.6. The Labute approximate surface area is 178 Å². The number of aromatic nitrogens is 1. The minimum atomic E-state index is -0.437. The van der Waals surface area contributed by atoms with Crippen LogP contribution in [-0.4, -0.2) is 47.9 Å². The summed E-state index contributed by atoms with van der Waals surface area (Å²) < 4.78 is 5.86. The maximum Gasteiger partial charge on any atom is 0.257 e. The van der Waals surface area contributed by atoms with E-state index in [1.165, 1.54) is 11.3 Å². The number of piperazine rings is 1. The maximum atomic E-state index is 13.1. The number of thiazole rings is 1. The molecular formula is C22H22N4O3S. The molecule has 0 spiro atoms. The lowest BCUT2D eigenvalue weighted by Gasteiger charge is -2.36. The van der Waals surface area contributed by atoms with Crippen molar-refractivity contribution >= 4 is 28.8 Å². The van der Waals surface area contributed by atoms with Gasteiger partial charge in [0.2, 0.25) is 5.91 Å². The van der Waals surface area contributed by atoms with Gasteiger partial charge in [-0.15, -0.1) is 11.3 Å². The molecule has 1 aromatic heterocycles. The smallest absolute Gasteiger partial charge is 0.257 e. The van der Waals surface area contributed by atoms with E-state index in [9.17, 15) is 9.59 Å². The molecule has 0 bridgehead atoms. The minimum absolute atomic E-state index is 0.0346. The number of carbonyl (C=O) groups is 2. The molecule has 8 heteroatoms.